The van der Waals surface area contributed by atoms with Crippen molar-refractivity contribution in [1.82, 2.24) is 14.9 Å². The lowest BCUT2D eigenvalue weighted by molar-refractivity contribution is 0.526. The maximum atomic E-state index is 8.81. The van der Waals surface area contributed by atoms with Gasteiger partial charge in [-0.2, -0.15) is 10.5 Å². The van der Waals surface area contributed by atoms with Crippen LogP contribution >= 0.6 is 0 Å². The Morgan fingerprint density at radius 1 is 1.60 bits per heavy atom. The van der Waals surface area contributed by atoms with Crippen LogP contribution in [0.3, 0.4) is 0 Å². The van der Waals surface area contributed by atoms with Gasteiger partial charge in [0.25, 0.3) is 0 Å². The van der Waals surface area contributed by atoms with Gasteiger partial charge >= 0.3 is 0 Å². The highest BCUT2D eigenvalue weighted by Crippen LogP contribution is 2.00. The smallest absolute Gasteiger partial charge is 0.212 e. The topological polar surface area (TPSA) is 77.4 Å². The summed E-state index contributed by atoms with van der Waals surface area (Å²) in [6.07, 6.45) is 4.02. The number of aryl methyl sites for hydroxylation is 1. The van der Waals surface area contributed by atoms with Crippen LogP contribution in [0.1, 0.15) is 19.2 Å². The fraction of sp³-hybridized carbons (Fsp3) is 0.500. The third-order valence-electron chi connectivity index (χ3n) is 2.08. The van der Waals surface area contributed by atoms with Crippen LogP contribution in [-0.4, -0.2) is 22.1 Å². The second-order valence-corrected chi connectivity index (χ2v) is 3.08. The van der Waals surface area contributed by atoms with Gasteiger partial charge in [0.1, 0.15) is 6.07 Å². The molecule has 0 aliphatic carbocycles. The van der Waals surface area contributed by atoms with Crippen LogP contribution in [0.15, 0.2) is 12.4 Å². The molecule has 1 N–H and O–H groups in total. The predicted octanol–water partition coefficient (Wildman–Crippen LogP) is 0.647. The standard InChI is InChI=1S/C10H13N5/c1-2-13-9(7-11)3-5-15-6-4-14-10(15)8-12/h4,6,9,13H,2-3,5H2,1H3. The number of rotatable bonds is 5. The Bertz CT molecular complexity index is 381. The Morgan fingerprint density at radius 3 is 3.00 bits per heavy atom. The van der Waals surface area contributed by atoms with E-state index in [2.05, 4.69) is 16.4 Å². The molecule has 5 nitrogen and oxygen atoms in total. The van der Waals surface area contributed by atoms with Crippen molar-refractivity contribution in [2.45, 2.75) is 25.9 Å². The third kappa shape index (κ3) is 3.08. The van der Waals surface area contributed by atoms with Gasteiger partial charge in [-0.15, -0.1) is 0 Å². The van der Waals surface area contributed by atoms with Crippen molar-refractivity contribution < 1.29 is 0 Å². The van der Waals surface area contributed by atoms with E-state index < -0.39 is 0 Å². The zero-order valence-corrected chi connectivity index (χ0v) is 8.64. The van der Waals surface area contributed by atoms with Gasteiger partial charge < -0.3 is 9.88 Å². The maximum absolute atomic E-state index is 8.81. The molecule has 1 heterocycles. The van der Waals surface area contributed by atoms with Gasteiger partial charge in [0.15, 0.2) is 0 Å². The fourth-order valence-electron chi connectivity index (χ4n) is 1.33. The fourth-order valence-corrected chi connectivity index (χ4v) is 1.33. The third-order valence-corrected chi connectivity index (χ3v) is 2.08. The first-order chi connectivity index (χ1) is 7.31. The molecule has 1 atom stereocenters. The predicted molar refractivity (Wildman–Crippen MR) is 54.6 cm³/mol. The maximum Gasteiger partial charge on any atom is 0.212 e. The summed E-state index contributed by atoms with van der Waals surface area (Å²) in [4.78, 5) is 3.88. The second-order valence-electron chi connectivity index (χ2n) is 3.08. The number of hydrogen-bond donors (Lipinski definition) is 1. The minimum atomic E-state index is -0.163. The summed E-state index contributed by atoms with van der Waals surface area (Å²) < 4.78 is 1.75. The van der Waals surface area contributed by atoms with Crippen LogP contribution in [0.2, 0.25) is 0 Å². The Balaban J connectivity index is 2.50. The highest BCUT2D eigenvalue weighted by molar-refractivity contribution is 5.11. The first-order valence-corrected chi connectivity index (χ1v) is 4.86. The summed E-state index contributed by atoms with van der Waals surface area (Å²) in [5.41, 5.74) is 0. The number of nitrogens with zero attached hydrogens (tertiary/aromatic N) is 4. The van der Waals surface area contributed by atoms with Crippen LogP contribution in [0.5, 0.6) is 0 Å². The molecule has 0 aliphatic heterocycles. The molecule has 1 aromatic heterocycles. The van der Waals surface area contributed by atoms with Crippen molar-refractivity contribution in [3.63, 3.8) is 0 Å². The molecule has 1 unspecified atom stereocenters. The molecule has 0 aromatic carbocycles. The van der Waals surface area contributed by atoms with E-state index in [0.29, 0.717) is 18.8 Å². The van der Waals surface area contributed by atoms with Gasteiger partial charge in [-0.05, 0) is 13.0 Å². The van der Waals surface area contributed by atoms with Gasteiger partial charge in [-0.3, -0.25) is 0 Å². The van der Waals surface area contributed by atoms with E-state index in [1.54, 1.807) is 17.0 Å². The van der Waals surface area contributed by atoms with Gasteiger partial charge in [0, 0.05) is 18.9 Å². The molecule has 0 saturated heterocycles. The molecule has 5 heteroatoms. The van der Waals surface area contributed by atoms with E-state index >= 15 is 0 Å². The zero-order valence-electron chi connectivity index (χ0n) is 8.64. The van der Waals surface area contributed by atoms with Crippen molar-refractivity contribution >= 4 is 0 Å². The number of imidazole rings is 1. The Morgan fingerprint density at radius 2 is 2.40 bits per heavy atom. The lowest BCUT2D eigenvalue weighted by atomic mass is 10.2. The summed E-state index contributed by atoms with van der Waals surface area (Å²) in [6, 6.07) is 4.01. The average Bonchev–Trinajstić information content (AvgIpc) is 2.71. The van der Waals surface area contributed by atoms with Crippen LogP contribution in [0.4, 0.5) is 0 Å². The van der Waals surface area contributed by atoms with Gasteiger partial charge in [0.05, 0.1) is 12.1 Å². The normalized spacial score (nSPS) is 11.7. The van der Waals surface area contributed by atoms with E-state index in [9.17, 15) is 0 Å². The van der Waals surface area contributed by atoms with E-state index in [1.165, 1.54) is 0 Å². The Hall–Kier alpha value is -1.85. The molecule has 0 radical (unpaired) electrons. The van der Waals surface area contributed by atoms with Crippen LogP contribution in [-0.2, 0) is 6.54 Å². The molecule has 0 amide bonds. The highest BCUT2D eigenvalue weighted by Gasteiger charge is 2.07. The molecule has 78 valence electrons. The van der Waals surface area contributed by atoms with Gasteiger partial charge in [-0.25, -0.2) is 4.98 Å². The number of nitrogens with one attached hydrogen (secondary N) is 1. The molecule has 0 spiro atoms. The van der Waals surface area contributed by atoms with Crippen LogP contribution in [0, 0.1) is 22.7 Å². The highest BCUT2D eigenvalue weighted by atomic mass is 15.1. The SMILES string of the molecule is CCNC(C#N)CCn1ccnc1C#N. The Labute approximate surface area is 89.0 Å². The lowest BCUT2D eigenvalue weighted by Crippen LogP contribution is -2.28. The van der Waals surface area contributed by atoms with Crippen molar-refractivity contribution in [3.05, 3.63) is 18.2 Å². The zero-order chi connectivity index (χ0) is 11.1. The van der Waals surface area contributed by atoms with E-state index in [4.69, 9.17) is 10.5 Å². The number of hydrogen-bond acceptors (Lipinski definition) is 4. The van der Waals surface area contributed by atoms with E-state index in [1.807, 2.05) is 13.0 Å². The Kier molecular flexibility index (Phi) is 4.33. The number of aromatic nitrogens is 2. The minimum Gasteiger partial charge on any atom is -0.323 e. The molecular formula is C10H13N5. The first kappa shape index (κ1) is 11.2. The summed E-state index contributed by atoms with van der Waals surface area (Å²) in [5.74, 6) is 0.392. The van der Waals surface area contributed by atoms with Gasteiger partial charge in [-0.1, -0.05) is 6.92 Å². The lowest BCUT2D eigenvalue weighted by Gasteiger charge is -2.09. The van der Waals surface area contributed by atoms with Crippen molar-refractivity contribution in [1.29, 1.82) is 10.5 Å². The van der Waals surface area contributed by atoms with Crippen molar-refractivity contribution in [2.75, 3.05) is 6.54 Å². The molecule has 0 fully saturated rings. The molecule has 15 heavy (non-hydrogen) atoms. The van der Waals surface area contributed by atoms with Crippen LogP contribution < -0.4 is 5.32 Å². The first-order valence-electron chi connectivity index (χ1n) is 4.86. The van der Waals surface area contributed by atoms with Crippen molar-refractivity contribution in [3.8, 4) is 12.1 Å². The molecule has 0 aliphatic rings. The van der Waals surface area contributed by atoms with E-state index in [0.717, 1.165) is 6.54 Å². The molecular weight excluding hydrogens is 190 g/mol. The molecule has 0 bridgehead atoms. The second kappa shape index (κ2) is 5.79. The summed E-state index contributed by atoms with van der Waals surface area (Å²) in [6.45, 7) is 3.36. The van der Waals surface area contributed by atoms with Crippen LogP contribution in [0.25, 0.3) is 0 Å². The summed E-state index contributed by atoms with van der Waals surface area (Å²) in [5, 5.41) is 20.6. The summed E-state index contributed by atoms with van der Waals surface area (Å²) in [7, 11) is 0. The molecule has 1 rings (SSSR count). The summed E-state index contributed by atoms with van der Waals surface area (Å²) >= 11 is 0. The van der Waals surface area contributed by atoms with Crippen molar-refractivity contribution in [2.24, 2.45) is 0 Å². The minimum absolute atomic E-state index is 0.163. The number of nitriles is 2. The quantitative estimate of drug-likeness (QED) is 0.762. The average molecular weight is 203 g/mol. The largest absolute Gasteiger partial charge is 0.323 e. The molecule has 1 aromatic rings. The van der Waals surface area contributed by atoms with Gasteiger partial charge in [0.2, 0.25) is 5.82 Å². The van der Waals surface area contributed by atoms with E-state index in [-0.39, 0.29) is 6.04 Å². The molecule has 0 saturated carbocycles. The monoisotopic (exact) mass is 203 g/mol.